The van der Waals surface area contributed by atoms with Crippen molar-refractivity contribution < 1.29 is 13.2 Å². The van der Waals surface area contributed by atoms with Crippen LogP contribution in [0, 0.1) is 0 Å². The van der Waals surface area contributed by atoms with Crippen LogP contribution in [-0.4, -0.2) is 6.04 Å². The summed E-state index contributed by atoms with van der Waals surface area (Å²) < 4.78 is 36.8. The van der Waals surface area contributed by atoms with Crippen molar-refractivity contribution in [2.45, 2.75) is 26.1 Å². The third kappa shape index (κ3) is 2.94. The van der Waals surface area contributed by atoms with E-state index in [0.29, 0.717) is 5.69 Å². The van der Waals surface area contributed by atoms with Crippen LogP contribution in [0.4, 0.5) is 18.9 Å². The standard InChI is InChI=1S/C10H12F3N/c1-7(2)14-9-5-3-4-8(6-9)10(11,12)13/h3-7,14H,1-2H3. The Balaban J connectivity index is 2.90. The Hall–Kier alpha value is -1.19. The highest BCUT2D eigenvalue weighted by atomic mass is 19.4. The highest BCUT2D eigenvalue weighted by molar-refractivity contribution is 5.46. The van der Waals surface area contributed by atoms with Gasteiger partial charge < -0.3 is 5.32 Å². The molecular formula is C10H12F3N. The second-order valence-electron chi connectivity index (χ2n) is 3.38. The summed E-state index contributed by atoms with van der Waals surface area (Å²) in [7, 11) is 0. The third-order valence-corrected chi connectivity index (χ3v) is 1.65. The van der Waals surface area contributed by atoms with Gasteiger partial charge >= 0.3 is 6.18 Å². The lowest BCUT2D eigenvalue weighted by Crippen LogP contribution is -2.11. The summed E-state index contributed by atoms with van der Waals surface area (Å²) in [5, 5.41) is 2.92. The van der Waals surface area contributed by atoms with Crippen molar-refractivity contribution in [3.8, 4) is 0 Å². The molecule has 1 aromatic carbocycles. The zero-order chi connectivity index (χ0) is 10.8. The van der Waals surface area contributed by atoms with E-state index in [1.54, 1.807) is 6.07 Å². The summed E-state index contributed by atoms with van der Waals surface area (Å²) in [6.45, 7) is 3.75. The molecule has 0 heterocycles. The molecule has 0 bridgehead atoms. The molecule has 0 aliphatic heterocycles. The molecule has 0 saturated heterocycles. The van der Waals surface area contributed by atoms with Gasteiger partial charge in [-0.1, -0.05) is 6.07 Å². The maximum Gasteiger partial charge on any atom is 0.416 e. The van der Waals surface area contributed by atoms with E-state index in [4.69, 9.17) is 0 Å². The Bertz CT molecular complexity index is 304. The molecule has 4 heteroatoms. The third-order valence-electron chi connectivity index (χ3n) is 1.65. The van der Waals surface area contributed by atoms with Gasteiger partial charge in [0.15, 0.2) is 0 Å². The van der Waals surface area contributed by atoms with E-state index in [0.717, 1.165) is 12.1 Å². The van der Waals surface area contributed by atoms with Crippen LogP contribution in [-0.2, 0) is 6.18 Å². The molecule has 0 fully saturated rings. The van der Waals surface area contributed by atoms with E-state index < -0.39 is 11.7 Å². The van der Waals surface area contributed by atoms with Crippen LogP contribution in [0.5, 0.6) is 0 Å². The average molecular weight is 203 g/mol. The summed E-state index contributed by atoms with van der Waals surface area (Å²) in [5.74, 6) is 0. The van der Waals surface area contributed by atoms with Gasteiger partial charge in [0.2, 0.25) is 0 Å². The first-order valence-electron chi connectivity index (χ1n) is 4.33. The van der Waals surface area contributed by atoms with E-state index in [1.165, 1.54) is 6.07 Å². The second-order valence-corrected chi connectivity index (χ2v) is 3.38. The van der Waals surface area contributed by atoms with Crippen molar-refractivity contribution in [1.29, 1.82) is 0 Å². The van der Waals surface area contributed by atoms with Crippen LogP contribution in [0.1, 0.15) is 19.4 Å². The lowest BCUT2D eigenvalue weighted by Gasteiger charge is -2.12. The fourth-order valence-electron chi connectivity index (χ4n) is 1.12. The first-order valence-corrected chi connectivity index (χ1v) is 4.33. The molecule has 78 valence electrons. The van der Waals surface area contributed by atoms with Crippen molar-refractivity contribution in [2.24, 2.45) is 0 Å². The minimum Gasteiger partial charge on any atom is -0.383 e. The van der Waals surface area contributed by atoms with Gasteiger partial charge in [0.25, 0.3) is 0 Å². The highest BCUT2D eigenvalue weighted by Crippen LogP contribution is 2.30. The fraction of sp³-hybridized carbons (Fsp3) is 0.400. The molecule has 0 saturated carbocycles. The van der Waals surface area contributed by atoms with Crippen LogP contribution < -0.4 is 5.32 Å². The van der Waals surface area contributed by atoms with Crippen LogP contribution in [0.3, 0.4) is 0 Å². The largest absolute Gasteiger partial charge is 0.416 e. The zero-order valence-corrected chi connectivity index (χ0v) is 8.02. The van der Waals surface area contributed by atoms with Gasteiger partial charge in [-0.05, 0) is 32.0 Å². The molecule has 0 amide bonds. The number of halogens is 3. The predicted octanol–water partition coefficient (Wildman–Crippen LogP) is 3.53. The Kier molecular flexibility index (Phi) is 3.03. The van der Waals surface area contributed by atoms with Crippen LogP contribution in [0.15, 0.2) is 24.3 Å². The summed E-state index contributed by atoms with van der Waals surface area (Å²) in [5.41, 5.74) is -0.127. The quantitative estimate of drug-likeness (QED) is 0.775. The molecule has 1 aromatic rings. The molecule has 0 unspecified atom stereocenters. The van der Waals surface area contributed by atoms with E-state index in [1.807, 2.05) is 13.8 Å². The Morgan fingerprint density at radius 2 is 1.86 bits per heavy atom. The molecule has 0 aliphatic rings. The van der Waals surface area contributed by atoms with Crippen molar-refractivity contribution in [3.05, 3.63) is 29.8 Å². The van der Waals surface area contributed by atoms with E-state index in [2.05, 4.69) is 5.32 Å². The molecule has 1 N–H and O–H groups in total. The number of hydrogen-bond donors (Lipinski definition) is 1. The summed E-state index contributed by atoms with van der Waals surface area (Å²) in [6.07, 6.45) is -4.27. The molecule has 1 rings (SSSR count). The molecule has 0 aromatic heterocycles. The zero-order valence-electron chi connectivity index (χ0n) is 8.02. The number of anilines is 1. The fourth-order valence-corrected chi connectivity index (χ4v) is 1.12. The lowest BCUT2D eigenvalue weighted by molar-refractivity contribution is -0.137. The molecular weight excluding hydrogens is 191 g/mol. The first-order chi connectivity index (χ1) is 6.39. The maximum atomic E-state index is 12.3. The topological polar surface area (TPSA) is 12.0 Å². The monoisotopic (exact) mass is 203 g/mol. The van der Waals surface area contributed by atoms with Crippen LogP contribution in [0.25, 0.3) is 0 Å². The van der Waals surface area contributed by atoms with Gasteiger partial charge in [-0.2, -0.15) is 13.2 Å². The van der Waals surface area contributed by atoms with Crippen molar-refractivity contribution >= 4 is 5.69 Å². The van der Waals surface area contributed by atoms with E-state index >= 15 is 0 Å². The molecule has 0 spiro atoms. The number of rotatable bonds is 2. The number of benzene rings is 1. The van der Waals surface area contributed by atoms with Gasteiger partial charge in [0, 0.05) is 11.7 Å². The van der Waals surface area contributed by atoms with E-state index in [-0.39, 0.29) is 6.04 Å². The number of hydrogen-bond acceptors (Lipinski definition) is 1. The van der Waals surface area contributed by atoms with Crippen LogP contribution in [0.2, 0.25) is 0 Å². The minimum atomic E-state index is -4.27. The van der Waals surface area contributed by atoms with Gasteiger partial charge in [0.1, 0.15) is 0 Å². The predicted molar refractivity (Wildman–Crippen MR) is 50.2 cm³/mol. The SMILES string of the molecule is CC(C)Nc1cccc(C(F)(F)F)c1. The number of nitrogens with one attached hydrogen (secondary N) is 1. The van der Waals surface area contributed by atoms with Crippen molar-refractivity contribution in [1.82, 2.24) is 0 Å². The summed E-state index contributed by atoms with van der Waals surface area (Å²) in [4.78, 5) is 0. The highest BCUT2D eigenvalue weighted by Gasteiger charge is 2.30. The maximum absolute atomic E-state index is 12.3. The Morgan fingerprint density at radius 3 is 2.36 bits per heavy atom. The van der Waals surface area contributed by atoms with Gasteiger partial charge in [-0.3, -0.25) is 0 Å². The Labute approximate surface area is 80.9 Å². The van der Waals surface area contributed by atoms with Gasteiger partial charge in [0.05, 0.1) is 5.56 Å². The molecule has 0 radical (unpaired) electrons. The van der Waals surface area contributed by atoms with Gasteiger partial charge in [-0.25, -0.2) is 0 Å². The average Bonchev–Trinajstić information content (AvgIpc) is 2.01. The van der Waals surface area contributed by atoms with Crippen molar-refractivity contribution in [3.63, 3.8) is 0 Å². The molecule has 0 atom stereocenters. The smallest absolute Gasteiger partial charge is 0.383 e. The minimum absolute atomic E-state index is 0.124. The first kappa shape index (κ1) is 10.9. The normalized spacial score (nSPS) is 11.9. The molecule has 14 heavy (non-hydrogen) atoms. The van der Waals surface area contributed by atoms with E-state index in [9.17, 15) is 13.2 Å². The lowest BCUT2D eigenvalue weighted by atomic mass is 10.2. The van der Waals surface area contributed by atoms with Crippen molar-refractivity contribution in [2.75, 3.05) is 5.32 Å². The second kappa shape index (κ2) is 3.90. The molecule has 1 nitrogen and oxygen atoms in total. The molecule has 0 aliphatic carbocycles. The van der Waals surface area contributed by atoms with Gasteiger partial charge in [-0.15, -0.1) is 0 Å². The summed E-state index contributed by atoms with van der Waals surface area (Å²) >= 11 is 0. The Morgan fingerprint density at radius 1 is 1.21 bits per heavy atom. The summed E-state index contributed by atoms with van der Waals surface area (Å²) in [6, 6.07) is 5.31. The van der Waals surface area contributed by atoms with Crippen LogP contribution >= 0.6 is 0 Å². The number of alkyl halides is 3.